The number of aryl methyl sites for hydroxylation is 1. The third-order valence-corrected chi connectivity index (χ3v) is 7.38. The molecule has 2 aromatic rings. The number of nitrogens with zero attached hydrogens (tertiary/aromatic N) is 1. The smallest absolute Gasteiger partial charge is 0.338 e. The Morgan fingerprint density at radius 3 is 2.53 bits per heavy atom. The Bertz CT molecular complexity index is 1040. The van der Waals surface area contributed by atoms with Crippen LogP contribution in [0.1, 0.15) is 36.8 Å². The number of alkyl halides is 3. The maximum absolute atomic E-state index is 13.1. The van der Waals surface area contributed by atoms with E-state index in [0.29, 0.717) is 19.4 Å². The van der Waals surface area contributed by atoms with E-state index in [9.17, 15) is 26.4 Å². The molecule has 6 nitrogen and oxygen atoms in total. The third-order valence-electron chi connectivity index (χ3n) is 5.41. The standard InChI is InChI=1S/C22H26F3N3O3S/c1-16-8-10-20(11-9-16)32(30,31)28-14-3-2-7-19(28)12-13-26-21(29)27-18-6-4-5-17(15-18)22(23,24)25/h4-6,8-11,15,19H,2-3,7,12-14H2,1H3,(H2,26,27,29). The predicted octanol–water partition coefficient (Wildman–Crippen LogP) is 4.77. The zero-order chi connectivity index (χ0) is 23.4. The Balaban J connectivity index is 1.58. The maximum Gasteiger partial charge on any atom is 0.416 e. The highest BCUT2D eigenvalue weighted by atomic mass is 32.2. The molecule has 0 spiro atoms. The van der Waals surface area contributed by atoms with Crippen LogP contribution in [0, 0.1) is 6.92 Å². The minimum atomic E-state index is -4.50. The second-order valence-electron chi connectivity index (χ2n) is 7.83. The van der Waals surface area contributed by atoms with Crippen LogP contribution in [-0.2, 0) is 16.2 Å². The molecule has 0 radical (unpaired) electrons. The molecule has 2 amide bonds. The summed E-state index contributed by atoms with van der Waals surface area (Å²) < 4.78 is 66.1. The van der Waals surface area contributed by atoms with E-state index >= 15 is 0 Å². The largest absolute Gasteiger partial charge is 0.416 e. The lowest BCUT2D eigenvalue weighted by Gasteiger charge is -2.34. The Labute approximate surface area is 185 Å². The predicted molar refractivity (Wildman–Crippen MR) is 116 cm³/mol. The van der Waals surface area contributed by atoms with E-state index < -0.39 is 27.8 Å². The number of rotatable bonds is 6. The molecule has 174 valence electrons. The Kier molecular flexibility index (Phi) is 7.45. The van der Waals surface area contributed by atoms with Crippen molar-refractivity contribution >= 4 is 21.7 Å². The van der Waals surface area contributed by atoms with Crippen LogP contribution in [0.4, 0.5) is 23.7 Å². The first-order valence-corrected chi connectivity index (χ1v) is 11.8. The van der Waals surface area contributed by atoms with Crippen molar-refractivity contribution in [3.63, 3.8) is 0 Å². The van der Waals surface area contributed by atoms with Crippen LogP contribution in [-0.4, -0.2) is 37.9 Å². The third kappa shape index (κ3) is 6.01. The van der Waals surface area contributed by atoms with Crippen molar-refractivity contribution in [1.82, 2.24) is 9.62 Å². The van der Waals surface area contributed by atoms with E-state index in [-0.39, 0.29) is 23.2 Å². The van der Waals surface area contributed by atoms with E-state index in [1.54, 1.807) is 24.3 Å². The molecule has 1 aliphatic heterocycles. The number of halogens is 3. The van der Waals surface area contributed by atoms with Gasteiger partial charge >= 0.3 is 12.2 Å². The van der Waals surface area contributed by atoms with E-state index in [1.807, 2.05) is 6.92 Å². The van der Waals surface area contributed by atoms with Gasteiger partial charge in [-0.15, -0.1) is 0 Å². The quantitative estimate of drug-likeness (QED) is 0.640. The van der Waals surface area contributed by atoms with Gasteiger partial charge in [-0.25, -0.2) is 13.2 Å². The van der Waals surface area contributed by atoms with Crippen molar-refractivity contribution in [1.29, 1.82) is 0 Å². The molecule has 1 fully saturated rings. The van der Waals surface area contributed by atoms with E-state index in [0.717, 1.165) is 30.5 Å². The van der Waals surface area contributed by atoms with Gasteiger partial charge in [0.1, 0.15) is 0 Å². The van der Waals surface area contributed by atoms with Crippen LogP contribution in [0.5, 0.6) is 0 Å². The zero-order valence-electron chi connectivity index (χ0n) is 17.7. The zero-order valence-corrected chi connectivity index (χ0v) is 18.5. The lowest BCUT2D eigenvalue weighted by atomic mass is 10.0. The molecule has 1 unspecified atom stereocenters. The first-order chi connectivity index (χ1) is 15.1. The molecular weight excluding hydrogens is 443 g/mol. The van der Waals surface area contributed by atoms with Gasteiger partial charge in [0.05, 0.1) is 10.5 Å². The van der Waals surface area contributed by atoms with Crippen LogP contribution in [0.25, 0.3) is 0 Å². The van der Waals surface area contributed by atoms with Crippen molar-refractivity contribution in [3.05, 3.63) is 59.7 Å². The molecular formula is C22H26F3N3O3S. The fourth-order valence-electron chi connectivity index (χ4n) is 3.73. The van der Waals surface area contributed by atoms with Crippen molar-refractivity contribution in [2.75, 3.05) is 18.4 Å². The van der Waals surface area contributed by atoms with Crippen LogP contribution < -0.4 is 10.6 Å². The molecule has 2 aromatic carbocycles. The van der Waals surface area contributed by atoms with Crippen LogP contribution >= 0.6 is 0 Å². The number of urea groups is 1. The SMILES string of the molecule is Cc1ccc(S(=O)(=O)N2CCCCC2CCNC(=O)Nc2cccc(C(F)(F)F)c2)cc1. The Morgan fingerprint density at radius 2 is 1.84 bits per heavy atom. The van der Waals surface area contributed by atoms with Crippen molar-refractivity contribution in [2.45, 2.75) is 49.7 Å². The maximum atomic E-state index is 13.1. The van der Waals surface area contributed by atoms with Crippen LogP contribution in [0.2, 0.25) is 0 Å². The lowest BCUT2D eigenvalue weighted by molar-refractivity contribution is -0.137. The highest BCUT2D eigenvalue weighted by Crippen LogP contribution is 2.31. The number of amides is 2. The molecule has 10 heteroatoms. The average molecular weight is 470 g/mol. The van der Waals surface area contributed by atoms with Gasteiger partial charge in [-0.2, -0.15) is 17.5 Å². The number of anilines is 1. The minimum absolute atomic E-state index is 0.0265. The molecule has 2 N–H and O–H groups in total. The average Bonchev–Trinajstić information content (AvgIpc) is 2.74. The summed E-state index contributed by atoms with van der Waals surface area (Å²) in [5.41, 5.74) is 0.142. The highest BCUT2D eigenvalue weighted by molar-refractivity contribution is 7.89. The summed E-state index contributed by atoms with van der Waals surface area (Å²) in [6.45, 7) is 2.49. The van der Waals surface area contributed by atoms with Gasteiger partial charge in [-0.1, -0.05) is 30.2 Å². The monoisotopic (exact) mass is 469 g/mol. The number of nitrogens with one attached hydrogen (secondary N) is 2. The van der Waals surface area contributed by atoms with Crippen molar-refractivity contribution in [3.8, 4) is 0 Å². The summed E-state index contributed by atoms with van der Waals surface area (Å²) in [6.07, 6.45) is -1.75. The van der Waals surface area contributed by atoms with E-state index in [4.69, 9.17) is 0 Å². The normalized spacial score (nSPS) is 17.7. The number of carbonyl (C=O) groups excluding carboxylic acids is 1. The molecule has 32 heavy (non-hydrogen) atoms. The van der Waals surface area contributed by atoms with Gasteiger partial charge in [-0.3, -0.25) is 0 Å². The van der Waals surface area contributed by atoms with Gasteiger partial charge in [-0.05, 0) is 56.5 Å². The van der Waals surface area contributed by atoms with Crippen molar-refractivity contribution < 1.29 is 26.4 Å². The topological polar surface area (TPSA) is 78.5 Å². The number of hydrogen-bond acceptors (Lipinski definition) is 3. The van der Waals surface area contributed by atoms with Crippen molar-refractivity contribution in [2.24, 2.45) is 0 Å². The molecule has 0 aromatic heterocycles. The number of sulfonamides is 1. The van der Waals surface area contributed by atoms with Gasteiger partial charge in [0, 0.05) is 24.8 Å². The Hall–Kier alpha value is -2.59. The second kappa shape index (κ2) is 9.91. The molecule has 0 bridgehead atoms. The van der Waals surface area contributed by atoms with Gasteiger partial charge in [0.2, 0.25) is 10.0 Å². The number of hydrogen-bond donors (Lipinski definition) is 2. The highest BCUT2D eigenvalue weighted by Gasteiger charge is 2.33. The summed E-state index contributed by atoms with van der Waals surface area (Å²) in [5, 5.41) is 4.99. The summed E-state index contributed by atoms with van der Waals surface area (Å²) in [7, 11) is -3.65. The van der Waals surface area contributed by atoms with E-state index in [2.05, 4.69) is 10.6 Å². The molecule has 0 aliphatic carbocycles. The van der Waals surface area contributed by atoms with Crippen LogP contribution in [0.15, 0.2) is 53.4 Å². The fourth-order valence-corrected chi connectivity index (χ4v) is 5.45. The minimum Gasteiger partial charge on any atom is -0.338 e. The Morgan fingerprint density at radius 1 is 1.12 bits per heavy atom. The molecule has 1 atom stereocenters. The molecule has 1 saturated heterocycles. The summed E-state index contributed by atoms with van der Waals surface area (Å²) in [4.78, 5) is 12.4. The van der Waals surface area contributed by atoms with E-state index in [1.165, 1.54) is 16.4 Å². The number of benzene rings is 2. The summed E-state index contributed by atoms with van der Waals surface area (Å²) in [6, 6.07) is 10.2. The second-order valence-corrected chi connectivity index (χ2v) is 9.72. The summed E-state index contributed by atoms with van der Waals surface area (Å²) >= 11 is 0. The molecule has 1 heterocycles. The first-order valence-electron chi connectivity index (χ1n) is 10.4. The fraction of sp³-hybridized carbons (Fsp3) is 0.409. The first kappa shape index (κ1) is 24.1. The number of carbonyl (C=O) groups is 1. The molecule has 3 rings (SSSR count). The van der Waals surface area contributed by atoms with Gasteiger partial charge in [0.15, 0.2) is 0 Å². The van der Waals surface area contributed by atoms with Gasteiger partial charge < -0.3 is 10.6 Å². The summed E-state index contributed by atoms with van der Waals surface area (Å²) in [5.74, 6) is 0. The lowest BCUT2D eigenvalue weighted by Crippen LogP contribution is -2.45. The number of piperidine rings is 1. The molecule has 1 aliphatic rings. The van der Waals surface area contributed by atoms with Crippen LogP contribution in [0.3, 0.4) is 0 Å². The molecule has 0 saturated carbocycles. The van der Waals surface area contributed by atoms with Gasteiger partial charge in [0.25, 0.3) is 0 Å².